The Morgan fingerprint density at radius 3 is 2.59 bits per heavy atom. The Bertz CT molecular complexity index is 793. The van der Waals surface area contributed by atoms with Crippen LogP contribution in [0.5, 0.6) is 5.75 Å². The molecule has 0 fully saturated rings. The van der Waals surface area contributed by atoms with Gasteiger partial charge in [-0.3, -0.25) is 0 Å². The molecule has 0 aliphatic heterocycles. The number of ether oxygens (including phenoxy) is 1. The molecule has 0 atom stereocenters. The second-order valence-electron chi connectivity index (χ2n) is 4.65. The predicted octanol–water partition coefficient (Wildman–Crippen LogP) is 5.64. The molecular formula is C18H14ClNOS. The van der Waals surface area contributed by atoms with Gasteiger partial charge in [-0.2, -0.15) is 0 Å². The van der Waals surface area contributed by atoms with Crippen LogP contribution in [0.4, 0.5) is 0 Å². The van der Waals surface area contributed by atoms with Crippen molar-refractivity contribution in [3.05, 3.63) is 69.5 Å². The molecule has 0 spiro atoms. The summed E-state index contributed by atoms with van der Waals surface area (Å²) in [5, 5.41) is 3.73. The van der Waals surface area contributed by atoms with Gasteiger partial charge in [-0.25, -0.2) is 4.98 Å². The zero-order valence-electron chi connectivity index (χ0n) is 12.0. The molecule has 3 rings (SSSR count). The number of para-hydroxylation sites is 1. The topological polar surface area (TPSA) is 22.1 Å². The lowest BCUT2D eigenvalue weighted by Gasteiger charge is -2.02. The van der Waals surface area contributed by atoms with Gasteiger partial charge >= 0.3 is 0 Å². The summed E-state index contributed by atoms with van der Waals surface area (Å²) in [5.74, 6) is 0.855. The third kappa shape index (κ3) is 3.38. The maximum absolute atomic E-state index is 5.91. The highest BCUT2D eigenvalue weighted by molar-refractivity contribution is 7.10. The number of aromatic nitrogens is 1. The summed E-state index contributed by atoms with van der Waals surface area (Å²) >= 11 is 7.52. The van der Waals surface area contributed by atoms with E-state index < -0.39 is 0 Å². The zero-order chi connectivity index (χ0) is 15.4. The second kappa shape index (κ2) is 6.77. The van der Waals surface area contributed by atoms with Crippen LogP contribution in [-0.4, -0.2) is 12.1 Å². The Morgan fingerprint density at radius 2 is 1.82 bits per heavy atom. The molecule has 4 heteroatoms. The fourth-order valence-corrected chi connectivity index (χ4v) is 2.93. The maximum Gasteiger partial charge on any atom is 0.126 e. The van der Waals surface area contributed by atoms with Crippen LogP contribution < -0.4 is 4.74 Å². The number of methoxy groups -OCH3 is 1. The van der Waals surface area contributed by atoms with Gasteiger partial charge in [0, 0.05) is 21.5 Å². The van der Waals surface area contributed by atoms with Crippen LogP contribution in [-0.2, 0) is 0 Å². The molecule has 0 N–H and O–H groups in total. The average Bonchev–Trinajstić information content (AvgIpc) is 3.03. The molecule has 0 saturated carbocycles. The van der Waals surface area contributed by atoms with E-state index in [4.69, 9.17) is 16.3 Å². The molecule has 0 saturated heterocycles. The Labute approximate surface area is 138 Å². The molecule has 0 unspecified atom stereocenters. The van der Waals surface area contributed by atoms with E-state index in [1.165, 1.54) is 0 Å². The summed E-state index contributed by atoms with van der Waals surface area (Å²) in [6.07, 6.45) is 4.02. The standard InChI is InChI=1S/C18H14ClNOS/c1-21-17-5-3-2-4-14(17)8-11-18-20-16(12-22-18)13-6-9-15(19)10-7-13/h2-12H,1H3/b11-8+. The fraction of sp³-hybridized carbons (Fsp3) is 0.0556. The van der Waals surface area contributed by atoms with E-state index in [2.05, 4.69) is 4.98 Å². The smallest absolute Gasteiger partial charge is 0.126 e. The molecular weight excluding hydrogens is 314 g/mol. The van der Waals surface area contributed by atoms with Gasteiger partial charge in [0.15, 0.2) is 0 Å². The van der Waals surface area contributed by atoms with Gasteiger partial charge in [-0.15, -0.1) is 11.3 Å². The molecule has 1 aromatic heterocycles. The van der Waals surface area contributed by atoms with Gasteiger partial charge in [-0.05, 0) is 30.4 Å². The summed E-state index contributed by atoms with van der Waals surface area (Å²) < 4.78 is 5.34. The molecule has 0 aliphatic carbocycles. The number of nitrogens with zero attached hydrogens (tertiary/aromatic N) is 1. The Balaban J connectivity index is 1.82. The number of halogens is 1. The Hall–Kier alpha value is -2.10. The Kier molecular flexibility index (Phi) is 4.56. The molecule has 1 heterocycles. The third-order valence-corrected chi connectivity index (χ3v) is 4.27. The lowest BCUT2D eigenvalue weighted by atomic mass is 10.2. The maximum atomic E-state index is 5.91. The van der Waals surface area contributed by atoms with E-state index in [1.54, 1.807) is 18.4 Å². The molecule has 22 heavy (non-hydrogen) atoms. The van der Waals surface area contributed by atoms with Gasteiger partial charge in [0.05, 0.1) is 12.8 Å². The second-order valence-corrected chi connectivity index (χ2v) is 5.98. The van der Waals surface area contributed by atoms with Crippen LogP contribution in [0, 0.1) is 0 Å². The third-order valence-electron chi connectivity index (χ3n) is 3.21. The summed E-state index contributed by atoms with van der Waals surface area (Å²) in [5.41, 5.74) is 3.06. The van der Waals surface area contributed by atoms with Crippen molar-refractivity contribution in [3.8, 4) is 17.0 Å². The molecule has 2 aromatic carbocycles. The molecule has 0 radical (unpaired) electrons. The van der Waals surface area contributed by atoms with Crippen LogP contribution in [0.15, 0.2) is 53.9 Å². The van der Waals surface area contributed by atoms with Gasteiger partial charge in [0.2, 0.25) is 0 Å². The SMILES string of the molecule is COc1ccccc1/C=C/c1nc(-c2ccc(Cl)cc2)cs1. The summed E-state index contributed by atoms with van der Waals surface area (Å²) in [6.45, 7) is 0. The van der Waals surface area contributed by atoms with Crippen molar-refractivity contribution < 1.29 is 4.74 Å². The van der Waals surface area contributed by atoms with Gasteiger partial charge in [0.1, 0.15) is 10.8 Å². The lowest BCUT2D eigenvalue weighted by molar-refractivity contribution is 0.414. The molecule has 0 bridgehead atoms. The van der Waals surface area contributed by atoms with Crippen molar-refractivity contribution in [2.45, 2.75) is 0 Å². The minimum absolute atomic E-state index is 0.732. The summed E-state index contributed by atoms with van der Waals surface area (Å²) in [4.78, 5) is 4.63. The summed E-state index contributed by atoms with van der Waals surface area (Å²) in [7, 11) is 1.68. The lowest BCUT2D eigenvalue weighted by Crippen LogP contribution is -1.85. The number of hydrogen-bond acceptors (Lipinski definition) is 3. The minimum atomic E-state index is 0.732. The van der Waals surface area contributed by atoms with Gasteiger partial charge in [-0.1, -0.05) is 41.9 Å². The van der Waals surface area contributed by atoms with Crippen molar-refractivity contribution in [3.63, 3.8) is 0 Å². The highest BCUT2D eigenvalue weighted by Gasteiger charge is 2.03. The normalized spacial score (nSPS) is 11.0. The van der Waals surface area contributed by atoms with Gasteiger partial charge < -0.3 is 4.74 Å². The quantitative estimate of drug-likeness (QED) is 0.618. The summed E-state index contributed by atoms with van der Waals surface area (Å²) in [6, 6.07) is 15.6. The average molecular weight is 328 g/mol. The Morgan fingerprint density at radius 1 is 1.05 bits per heavy atom. The van der Waals surface area contributed by atoms with Crippen molar-refractivity contribution in [2.75, 3.05) is 7.11 Å². The van der Waals surface area contributed by atoms with Crippen LogP contribution in [0.3, 0.4) is 0 Å². The van der Waals surface area contributed by atoms with E-state index in [0.717, 1.165) is 32.6 Å². The predicted molar refractivity (Wildman–Crippen MR) is 94.5 cm³/mol. The van der Waals surface area contributed by atoms with Crippen LogP contribution in [0.2, 0.25) is 5.02 Å². The number of hydrogen-bond donors (Lipinski definition) is 0. The van der Waals surface area contributed by atoms with E-state index in [9.17, 15) is 0 Å². The van der Waals surface area contributed by atoms with Crippen LogP contribution >= 0.6 is 22.9 Å². The van der Waals surface area contributed by atoms with Crippen molar-refractivity contribution in [1.29, 1.82) is 0 Å². The van der Waals surface area contributed by atoms with Crippen molar-refractivity contribution in [2.24, 2.45) is 0 Å². The first-order chi connectivity index (χ1) is 10.8. The largest absolute Gasteiger partial charge is 0.496 e. The van der Waals surface area contributed by atoms with Crippen molar-refractivity contribution in [1.82, 2.24) is 4.98 Å². The van der Waals surface area contributed by atoms with E-state index >= 15 is 0 Å². The first-order valence-electron chi connectivity index (χ1n) is 6.79. The van der Waals surface area contributed by atoms with Crippen LogP contribution in [0.1, 0.15) is 10.6 Å². The first kappa shape index (κ1) is 14.8. The highest BCUT2D eigenvalue weighted by Crippen LogP contribution is 2.25. The molecule has 110 valence electrons. The first-order valence-corrected chi connectivity index (χ1v) is 8.04. The molecule has 2 nitrogen and oxygen atoms in total. The molecule has 0 amide bonds. The number of benzene rings is 2. The molecule has 3 aromatic rings. The fourth-order valence-electron chi connectivity index (χ4n) is 2.08. The molecule has 0 aliphatic rings. The number of thiazole rings is 1. The highest BCUT2D eigenvalue weighted by atomic mass is 35.5. The zero-order valence-corrected chi connectivity index (χ0v) is 13.6. The van der Waals surface area contributed by atoms with E-state index in [-0.39, 0.29) is 0 Å². The van der Waals surface area contributed by atoms with Crippen LogP contribution in [0.25, 0.3) is 23.4 Å². The van der Waals surface area contributed by atoms with Gasteiger partial charge in [0.25, 0.3) is 0 Å². The number of rotatable bonds is 4. The van der Waals surface area contributed by atoms with E-state index in [0.29, 0.717) is 0 Å². The minimum Gasteiger partial charge on any atom is -0.496 e. The monoisotopic (exact) mass is 327 g/mol. The van der Waals surface area contributed by atoms with Crippen molar-refractivity contribution >= 4 is 35.1 Å². The van der Waals surface area contributed by atoms with E-state index in [1.807, 2.05) is 66.1 Å².